The fraction of sp³-hybridized carbons (Fsp3) is 0.207. The summed E-state index contributed by atoms with van der Waals surface area (Å²) in [6.45, 7) is 6.30. The zero-order chi connectivity index (χ0) is 24.9. The lowest BCUT2D eigenvalue weighted by atomic mass is 9.96. The standard InChI is InChI=1S/C29H29NO5/c1-6-34-28-19(3)29-24(25(17-35-29)22-9-7-8-10-26(22)33-5)16-23(28)18(2)15-27(31)30-20-11-13-21(32-4)14-12-20/h7-17H,6H2,1-5H3,(H,30,31)/b18-15+. The number of methoxy groups -OCH3 is 2. The van der Waals surface area contributed by atoms with Gasteiger partial charge in [-0.3, -0.25) is 4.79 Å². The number of nitrogens with one attached hydrogen (secondary N) is 1. The van der Waals surface area contributed by atoms with Crippen molar-refractivity contribution in [2.75, 3.05) is 26.1 Å². The van der Waals surface area contributed by atoms with Gasteiger partial charge >= 0.3 is 0 Å². The largest absolute Gasteiger partial charge is 0.497 e. The summed E-state index contributed by atoms with van der Waals surface area (Å²) < 4.78 is 22.7. The Morgan fingerprint density at radius 1 is 1.03 bits per heavy atom. The molecule has 4 aromatic rings. The summed E-state index contributed by atoms with van der Waals surface area (Å²) in [6.07, 6.45) is 3.32. The number of carbonyl (C=O) groups excluding carboxylic acids is 1. The van der Waals surface area contributed by atoms with Gasteiger partial charge in [0.25, 0.3) is 0 Å². The number of hydrogen-bond acceptors (Lipinski definition) is 5. The highest BCUT2D eigenvalue weighted by molar-refractivity contribution is 6.06. The monoisotopic (exact) mass is 471 g/mol. The summed E-state index contributed by atoms with van der Waals surface area (Å²) in [5.41, 5.74) is 5.76. The summed E-state index contributed by atoms with van der Waals surface area (Å²) >= 11 is 0. The van der Waals surface area contributed by atoms with Gasteiger partial charge in [-0.2, -0.15) is 0 Å². The first-order valence-electron chi connectivity index (χ1n) is 11.4. The average Bonchev–Trinajstić information content (AvgIpc) is 3.30. The van der Waals surface area contributed by atoms with E-state index < -0.39 is 0 Å². The highest BCUT2D eigenvalue weighted by Crippen LogP contribution is 2.42. The third-order valence-electron chi connectivity index (χ3n) is 5.86. The van der Waals surface area contributed by atoms with Crippen LogP contribution in [-0.4, -0.2) is 26.7 Å². The minimum absolute atomic E-state index is 0.231. The van der Waals surface area contributed by atoms with Gasteiger partial charge in [0, 0.05) is 39.4 Å². The minimum Gasteiger partial charge on any atom is -0.497 e. The van der Waals surface area contributed by atoms with E-state index in [9.17, 15) is 4.79 Å². The summed E-state index contributed by atoms with van der Waals surface area (Å²) in [4.78, 5) is 12.8. The molecule has 0 aliphatic carbocycles. The summed E-state index contributed by atoms with van der Waals surface area (Å²) in [6, 6.07) is 17.0. The van der Waals surface area contributed by atoms with Crippen LogP contribution >= 0.6 is 0 Å². The Labute approximate surface area is 205 Å². The number of anilines is 1. The predicted octanol–water partition coefficient (Wildman–Crippen LogP) is 6.87. The van der Waals surface area contributed by atoms with Crippen molar-refractivity contribution in [3.05, 3.63) is 78.1 Å². The molecule has 35 heavy (non-hydrogen) atoms. The van der Waals surface area contributed by atoms with E-state index in [1.54, 1.807) is 50.8 Å². The first kappa shape index (κ1) is 24.0. The molecule has 1 aromatic heterocycles. The second-order valence-electron chi connectivity index (χ2n) is 8.08. The average molecular weight is 472 g/mol. The molecular formula is C29H29NO5. The maximum atomic E-state index is 12.8. The lowest BCUT2D eigenvalue weighted by Crippen LogP contribution is -2.09. The Hall–Kier alpha value is -4.19. The molecule has 1 amide bonds. The third-order valence-corrected chi connectivity index (χ3v) is 5.86. The number of aryl methyl sites for hydroxylation is 1. The molecule has 4 rings (SSSR count). The number of carbonyl (C=O) groups is 1. The molecule has 0 radical (unpaired) electrons. The summed E-state index contributed by atoms with van der Waals surface area (Å²) in [7, 11) is 3.26. The van der Waals surface area contributed by atoms with Crippen LogP contribution in [0.25, 0.3) is 27.7 Å². The van der Waals surface area contributed by atoms with Gasteiger partial charge in [0.1, 0.15) is 22.8 Å². The topological polar surface area (TPSA) is 69.9 Å². The van der Waals surface area contributed by atoms with Gasteiger partial charge in [0.2, 0.25) is 5.91 Å². The number of allylic oxidation sites excluding steroid dienone is 1. The molecule has 0 atom stereocenters. The van der Waals surface area contributed by atoms with Crippen molar-refractivity contribution in [1.82, 2.24) is 0 Å². The molecule has 0 fully saturated rings. The predicted molar refractivity (Wildman–Crippen MR) is 139 cm³/mol. The molecule has 0 spiro atoms. The van der Waals surface area contributed by atoms with E-state index >= 15 is 0 Å². The van der Waals surface area contributed by atoms with Crippen molar-refractivity contribution in [1.29, 1.82) is 0 Å². The quantitative estimate of drug-likeness (QED) is 0.284. The SMILES string of the molecule is CCOc1c(/C(C)=C/C(=O)Nc2ccc(OC)cc2)cc2c(-c3ccccc3OC)coc2c1C. The van der Waals surface area contributed by atoms with Crippen molar-refractivity contribution >= 4 is 28.1 Å². The van der Waals surface area contributed by atoms with E-state index in [1.807, 2.05) is 51.1 Å². The van der Waals surface area contributed by atoms with Crippen LogP contribution in [0, 0.1) is 6.92 Å². The normalized spacial score (nSPS) is 11.4. The van der Waals surface area contributed by atoms with Crippen LogP contribution in [0.4, 0.5) is 5.69 Å². The maximum absolute atomic E-state index is 12.8. The number of ether oxygens (including phenoxy) is 3. The molecule has 1 heterocycles. The minimum atomic E-state index is -0.231. The fourth-order valence-electron chi connectivity index (χ4n) is 4.14. The lowest BCUT2D eigenvalue weighted by molar-refractivity contribution is -0.111. The fourth-order valence-corrected chi connectivity index (χ4v) is 4.14. The molecular weight excluding hydrogens is 442 g/mol. The van der Waals surface area contributed by atoms with Gasteiger partial charge in [-0.15, -0.1) is 0 Å². The van der Waals surface area contributed by atoms with Crippen LogP contribution in [0.5, 0.6) is 17.2 Å². The molecule has 1 N–H and O–H groups in total. The highest BCUT2D eigenvalue weighted by atomic mass is 16.5. The number of rotatable bonds is 8. The molecule has 3 aromatic carbocycles. The van der Waals surface area contributed by atoms with Gasteiger partial charge in [-0.1, -0.05) is 18.2 Å². The van der Waals surface area contributed by atoms with Gasteiger partial charge in [0.15, 0.2) is 0 Å². The van der Waals surface area contributed by atoms with Crippen molar-refractivity contribution in [2.24, 2.45) is 0 Å². The van der Waals surface area contributed by atoms with Crippen molar-refractivity contribution in [2.45, 2.75) is 20.8 Å². The molecule has 0 saturated heterocycles. The van der Waals surface area contributed by atoms with Crippen molar-refractivity contribution in [3.63, 3.8) is 0 Å². The molecule has 0 unspecified atom stereocenters. The lowest BCUT2D eigenvalue weighted by Gasteiger charge is -2.15. The number of amides is 1. The Morgan fingerprint density at radius 3 is 2.46 bits per heavy atom. The summed E-state index contributed by atoms with van der Waals surface area (Å²) in [5.74, 6) is 1.96. The first-order chi connectivity index (χ1) is 17.0. The van der Waals surface area contributed by atoms with E-state index in [2.05, 4.69) is 5.32 Å². The van der Waals surface area contributed by atoms with Crippen LogP contribution in [0.1, 0.15) is 25.0 Å². The maximum Gasteiger partial charge on any atom is 0.248 e. The number of furan rings is 1. The van der Waals surface area contributed by atoms with Gasteiger partial charge in [-0.05, 0) is 62.7 Å². The Kier molecular flexibility index (Phi) is 7.11. The van der Waals surface area contributed by atoms with Gasteiger partial charge in [0.05, 0.1) is 27.1 Å². The van der Waals surface area contributed by atoms with Crippen LogP contribution < -0.4 is 19.5 Å². The zero-order valence-electron chi connectivity index (χ0n) is 20.6. The third kappa shape index (κ3) is 4.87. The molecule has 0 aliphatic heterocycles. The van der Waals surface area contributed by atoms with Crippen molar-refractivity contribution in [3.8, 4) is 28.4 Å². The van der Waals surface area contributed by atoms with E-state index in [0.29, 0.717) is 18.0 Å². The van der Waals surface area contributed by atoms with E-state index in [4.69, 9.17) is 18.6 Å². The molecule has 0 bridgehead atoms. The number of fused-ring (bicyclic) bond motifs is 1. The molecule has 180 valence electrons. The number of benzene rings is 3. The Morgan fingerprint density at radius 2 is 1.77 bits per heavy atom. The second kappa shape index (κ2) is 10.4. The summed E-state index contributed by atoms with van der Waals surface area (Å²) in [5, 5.41) is 3.82. The van der Waals surface area contributed by atoms with Crippen molar-refractivity contribution < 1.29 is 23.4 Å². The molecule has 0 aliphatic rings. The van der Waals surface area contributed by atoms with E-state index in [-0.39, 0.29) is 5.91 Å². The smallest absolute Gasteiger partial charge is 0.248 e. The van der Waals surface area contributed by atoms with Crippen LogP contribution in [-0.2, 0) is 4.79 Å². The van der Waals surface area contributed by atoms with Crippen LogP contribution in [0.3, 0.4) is 0 Å². The van der Waals surface area contributed by atoms with Crippen LogP contribution in [0.15, 0.2) is 71.4 Å². The first-order valence-corrected chi connectivity index (χ1v) is 11.4. The number of para-hydroxylation sites is 1. The van der Waals surface area contributed by atoms with Gasteiger partial charge < -0.3 is 23.9 Å². The van der Waals surface area contributed by atoms with Gasteiger partial charge in [-0.25, -0.2) is 0 Å². The van der Waals surface area contributed by atoms with E-state index in [0.717, 1.165) is 50.3 Å². The number of hydrogen-bond donors (Lipinski definition) is 1. The van der Waals surface area contributed by atoms with Crippen LogP contribution in [0.2, 0.25) is 0 Å². The molecule has 6 nitrogen and oxygen atoms in total. The molecule has 0 saturated carbocycles. The molecule has 6 heteroatoms. The Balaban J connectivity index is 1.77. The zero-order valence-corrected chi connectivity index (χ0v) is 20.6. The van der Waals surface area contributed by atoms with E-state index in [1.165, 1.54) is 0 Å². The second-order valence-corrected chi connectivity index (χ2v) is 8.08. The Bertz CT molecular complexity index is 1380. The highest BCUT2D eigenvalue weighted by Gasteiger charge is 2.20.